The van der Waals surface area contributed by atoms with Crippen LogP contribution in [0.1, 0.15) is 47.3 Å². The van der Waals surface area contributed by atoms with Gasteiger partial charge in [-0.1, -0.05) is 23.9 Å². The van der Waals surface area contributed by atoms with Gasteiger partial charge in [0.25, 0.3) is 16.7 Å². The van der Waals surface area contributed by atoms with E-state index >= 15 is 0 Å². The predicted octanol–water partition coefficient (Wildman–Crippen LogP) is 2.43. The summed E-state index contributed by atoms with van der Waals surface area (Å²) < 4.78 is 1.35. The van der Waals surface area contributed by atoms with E-state index in [1.807, 2.05) is 0 Å². The van der Waals surface area contributed by atoms with Crippen molar-refractivity contribution >= 4 is 45.5 Å². The van der Waals surface area contributed by atoms with Crippen LogP contribution in [0, 0.1) is 0 Å². The van der Waals surface area contributed by atoms with Crippen LogP contribution in [-0.2, 0) is 17.9 Å². The number of hydrogen-bond donors (Lipinski definition) is 2. The Balaban J connectivity index is 1.45. The maximum Gasteiger partial charge on any atom is 0.329 e. The van der Waals surface area contributed by atoms with E-state index in [1.165, 1.54) is 9.47 Å². The fourth-order valence-electron chi connectivity index (χ4n) is 3.96. The molecule has 34 heavy (non-hydrogen) atoms. The summed E-state index contributed by atoms with van der Waals surface area (Å²) in [6.45, 7) is 2.24. The van der Waals surface area contributed by atoms with Gasteiger partial charge in [-0.3, -0.25) is 33.6 Å². The third kappa shape index (κ3) is 4.03. The summed E-state index contributed by atoms with van der Waals surface area (Å²) >= 11 is 0.981. The number of nitrogens with one attached hydrogen (secondary N) is 2. The van der Waals surface area contributed by atoms with Gasteiger partial charge in [0.2, 0.25) is 5.91 Å². The second-order valence-corrected chi connectivity index (χ2v) is 9.18. The highest BCUT2D eigenvalue weighted by atomic mass is 32.2. The molecule has 11 heteroatoms. The molecule has 2 fully saturated rings. The topological polar surface area (TPSA) is 134 Å². The zero-order chi connectivity index (χ0) is 24.0. The van der Waals surface area contributed by atoms with E-state index in [9.17, 15) is 24.0 Å². The molecule has 1 saturated carbocycles. The highest BCUT2D eigenvalue weighted by molar-refractivity contribution is 8.14. The number of aromatic nitrogens is 3. The Bertz CT molecular complexity index is 1440. The molecule has 3 amide bonds. The first kappa shape index (κ1) is 22.1. The van der Waals surface area contributed by atoms with Gasteiger partial charge in [-0.15, -0.1) is 0 Å². The molecule has 1 aliphatic heterocycles. The number of H-pyrrole nitrogens is 1. The second kappa shape index (κ2) is 8.56. The molecular formula is C23H21N5O5S. The third-order valence-electron chi connectivity index (χ3n) is 5.92. The lowest BCUT2D eigenvalue weighted by molar-refractivity contribution is -0.125. The van der Waals surface area contributed by atoms with Crippen LogP contribution in [0.15, 0.2) is 39.9 Å². The molecule has 2 aromatic heterocycles. The smallest absolute Gasteiger partial charge is 0.322 e. The minimum Gasteiger partial charge on any atom is -0.322 e. The standard InChI is InChI=1S/C23H21N5O5S/c1-2-27-19-18(21(31)26-22(27)32)15(9-16(25-19)13-5-6-13)20(30)24-14-7-3-12(4-8-14)10-28-17(29)11-34-23(28)33/h3-4,7-9,13H,2,5-6,10-11H2,1H3,(H,24,30)(H,26,31,32). The van der Waals surface area contributed by atoms with Crippen LogP contribution in [0.25, 0.3) is 11.0 Å². The molecule has 0 bridgehead atoms. The van der Waals surface area contributed by atoms with Gasteiger partial charge in [0.1, 0.15) is 0 Å². The van der Waals surface area contributed by atoms with Crippen molar-refractivity contribution < 1.29 is 14.4 Å². The van der Waals surface area contributed by atoms with E-state index < -0.39 is 17.2 Å². The number of fused-ring (bicyclic) bond motifs is 1. The van der Waals surface area contributed by atoms with Gasteiger partial charge in [-0.05, 0) is 43.5 Å². The summed E-state index contributed by atoms with van der Waals surface area (Å²) in [5.74, 6) is -0.348. The van der Waals surface area contributed by atoms with E-state index in [-0.39, 0.29) is 46.0 Å². The Labute approximate surface area is 197 Å². The van der Waals surface area contributed by atoms with Crippen molar-refractivity contribution in [1.29, 1.82) is 0 Å². The summed E-state index contributed by atoms with van der Waals surface area (Å²) in [6.07, 6.45) is 1.89. The lowest BCUT2D eigenvalue weighted by atomic mass is 10.1. The van der Waals surface area contributed by atoms with Crippen molar-refractivity contribution in [3.05, 3.63) is 68.0 Å². The summed E-state index contributed by atoms with van der Waals surface area (Å²) in [5.41, 5.74) is 1.08. The van der Waals surface area contributed by atoms with Crippen LogP contribution in [-0.4, -0.2) is 42.2 Å². The van der Waals surface area contributed by atoms with Crippen molar-refractivity contribution in [1.82, 2.24) is 19.4 Å². The van der Waals surface area contributed by atoms with Gasteiger partial charge in [0.15, 0.2) is 5.65 Å². The number of benzene rings is 1. The Morgan fingerprint density at radius 2 is 1.91 bits per heavy atom. The lowest BCUT2D eigenvalue weighted by Crippen LogP contribution is -2.32. The van der Waals surface area contributed by atoms with Gasteiger partial charge in [0.05, 0.1) is 23.2 Å². The number of thioether (sulfide) groups is 1. The van der Waals surface area contributed by atoms with Gasteiger partial charge in [0, 0.05) is 23.8 Å². The monoisotopic (exact) mass is 479 g/mol. The zero-order valence-electron chi connectivity index (χ0n) is 18.3. The largest absolute Gasteiger partial charge is 0.329 e. The SMILES string of the molecule is CCn1c(=O)[nH]c(=O)c2c(C(=O)Nc3ccc(CN4C(=O)CSC4=O)cc3)cc(C3CC3)nc21. The molecule has 3 heterocycles. The van der Waals surface area contributed by atoms with Crippen LogP contribution in [0.2, 0.25) is 0 Å². The summed E-state index contributed by atoms with van der Waals surface area (Å²) in [6, 6.07) is 8.42. The first-order chi connectivity index (χ1) is 16.4. The average Bonchev–Trinajstić information content (AvgIpc) is 3.62. The number of hydrogen-bond acceptors (Lipinski definition) is 7. The summed E-state index contributed by atoms with van der Waals surface area (Å²) in [7, 11) is 0. The first-order valence-corrected chi connectivity index (χ1v) is 11.9. The highest BCUT2D eigenvalue weighted by Crippen LogP contribution is 2.40. The Kier molecular flexibility index (Phi) is 5.56. The number of nitrogens with zero attached hydrogens (tertiary/aromatic N) is 3. The van der Waals surface area contributed by atoms with Crippen molar-refractivity contribution in [2.24, 2.45) is 0 Å². The molecule has 0 spiro atoms. The van der Waals surface area contributed by atoms with Crippen LogP contribution >= 0.6 is 11.8 Å². The molecular weight excluding hydrogens is 458 g/mol. The van der Waals surface area contributed by atoms with E-state index in [1.54, 1.807) is 37.3 Å². The molecule has 0 atom stereocenters. The van der Waals surface area contributed by atoms with Gasteiger partial charge < -0.3 is 5.32 Å². The van der Waals surface area contributed by atoms with Crippen LogP contribution in [0.4, 0.5) is 10.5 Å². The number of carbonyl (C=O) groups excluding carboxylic acids is 3. The molecule has 0 unspecified atom stereocenters. The predicted molar refractivity (Wildman–Crippen MR) is 127 cm³/mol. The summed E-state index contributed by atoms with van der Waals surface area (Å²) in [4.78, 5) is 69.8. The normalized spacial score (nSPS) is 15.9. The van der Waals surface area contributed by atoms with Crippen LogP contribution in [0.3, 0.4) is 0 Å². The van der Waals surface area contributed by atoms with Crippen molar-refractivity contribution in [2.75, 3.05) is 11.1 Å². The highest BCUT2D eigenvalue weighted by Gasteiger charge is 2.30. The minimum atomic E-state index is -0.655. The number of aryl methyl sites for hydroxylation is 1. The third-order valence-corrected chi connectivity index (χ3v) is 6.78. The Hall–Kier alpha value is -3.73. The Morgan fingerprint density at radius 3 is 2.53 bits per heavy atom. The molecule has 2 N–H and O–H groups in total. The molecule has 1 saturated heterocycles. The molecule has 1 aromatic carbocycles. The number of imide groups is 1. The van der Waals surface area contributed by atoms with Gasteiger partial charge in [-0.25, -0.2) is 9.78 Å². The fraction of sp³-hybridized carbons (Fsp3) is 0.304. The number of aromatic amines is 1. The van der Waals surface area contributed by atoms with E-state index in [2.05, 4.69) is 15.3 Å². The van der Waals surface area contributed by atoms with E-state index in [0.29, 0.717) is 17.9 Å². The Morgan fingerprint density at radius 1 is 1.18 bits per heavy atom. The quantitative estimate of drug-likeness (QED) is 0.554. The van der Waals surface area contributed by atoms with Crippen molar-refractivity contribution in [3.63, 3.8) is 0 Å². The second-order valence-electron chi connectivity index (χ2n) is 8.26. The fourth-order valence-corrected chi connectivity index (χ4v) is 4.69. The average molecular weight is 480 g/mol. The zero-order valence-corrected chi connectivity index (χ0v) is 19.1. The molecule has 0 radical (unpaired) electrons. The number of pyridine rings is 1. The van der Waals surface area contributed by atoms with Gasteiger partial charge >= 0.3 is 5.69 Å². The maximum absolute atomic E-state index is 13.2. The maximum atomic E-state index is 13.2. The summed E-state index contributed by atoms with van der Waals surface area (Å²) in [5, 5.41) is 2.60. The minimum absolute atomic E-state index is 0.0727. The van der Waals surface area contributed by atoms with Crippen LogP contribution in [0.5, 0.6) is 0 Å². The number of carbonyl (C=O) groups is 3. The van der Waals surface area contributed by atoms with Crippen molar-refractivity contribution in [3.8, 4) is 0 Å². The molecule has 5 rings (SSSR count). The van der Waals surface area contributed by atoms with Crippen molar-refractivity contribution in [2.45, 2.75) is 38.8 Å². The molecule has 3 aromatic rings. The molecule has 2 aliphatic rings. The number of amides is 3. The molecule has 1 aliphatic carbocycles. The van der Waals surface area contributed by atoms with E-state index in [4.69, 9.17) is 0 Å². The number of rotatable bonds is 6. The molecule has 10 nitrogen and oxygen atoms in total. The lowest BCUT2D eigenvalue weighted by Gasteiger charge is -2.14. The molecule has 174 valence electrons. The van der Waals surface area contributed by atoms with Gasteiger partial charge in [-0.2, -0.15) is 0 Å². The first-order valence-electron chi connectivity index (χ1n) is 10.9. The number of anilines is 1. The van der Waals surface area contributed by atoms with E-state index in [0.717, 1.165) is 30.2 Å². The van der Waals surface area contributed by atoms with Crippen LogP contribution < -0.4 is 16.6 Å².